The van der Waals surface area contributed by atoms with E-state index in [1.165, 1.54) is 22.3 Å². The monoisotopic (exact) mass is 216 g/mol. The van der Waals surface area contributed by atoms with E-state index in [9.17, 15) is 4.79 Å². The number of hydrogen-bond acceptors (Lipinski definition) is 1. The Bertz CT molecular complexity index is 390. The van der Waals surface area contributed by atoms with E-state index in [1.807, 2.05) is 0 Å². The van der Waals surface area contributed by atoms with Crippen LogP contribution in [0.25, 0.3) is 0 Å². The fraction of sp³-hybridized carbons (Fsp3) is 0.533. The van der Waals surface area contributed by atoms with Gasteiger partial charge in [0.15, 0.2) is 0 Å². The molecule has 1 heteroatoms. The van der Waals surface area contributed by atoms with Gasteiger partial charge in [-0.3, -0.25) is 4.79 Å². The Hall–Kier alpha value is -1.11. The number of aryl methyl sites for hydroxylation is 3. The molecule has 1 saturated carbocycles. The minimum absolute atomic E-state index is 0.408. The maximum absolute atomic E-state index is 11.7. The van der Waals surface area contributed by atoms with Crippen molar-refractivity contribution < 1.29 is 4.79 Å². The molecular formula is C15H20O. The average molecular weight is 216 g/mol. The first-order valence-electron chi connectivity index (χ1n) is 6.17. The van der Waals surface area contributed by atoms with Crippen molar-refractivity contribution in [2.45, 2.75) is 46.5 Å². The zero-order valence-electron chi connectivity index (χ0n) is 10.5. The van der Waals surface area contributed by atoms with E-state index in [2.05, 4.69) is 32.9 Å². The molecule has 0 radical (unpaired) electrons. The summed E-state index contributed by atoms with van der Waals surface area (Å²) in [5.41, 5.74) is 5.36. The first-order valence-corrected chi connectivity index (χ1v) is 6.17. The van der Waals surface area contributed by atoms with Crippen molar-refractivity contribution in [3.63, 3.8) is 0 Å². The van der Waals surface area contributed by atoms with Gasteiger partial charge in [0.05, 0.1) is 0 Å². The maximum Gasteiger partial charge on any atom is 0.136 e. The van der Waals surface area contributed by atoms with Gasteiger partial charge in [0, 0.05) is 12.3 Å². The van der Waals surface area contributed by atoms with Crippen LogP contribution in [-0.2, 0) is 11.2 Å². The second-order valence-corrected chi connectivity index (χ2v) is 5.12. The fourth-order valence-electron chi connectivity index (χ4n) is 2.46. The summed E-state index contributed by atoms with van der Waals surface area (Å²) in [6, 6.07) is 4.42. The number of benzene rings is 1. The van der Waals surface area contributed by atoms with Crippen LogP contribution in [-0.4, -0.2) is 5.78 Å². The van der Waals surface area contributed by atoms with E-state index in [1.54, 1.807) is 0 Å². The highest BCUT2D eigenvalue weighted by molar-refractivity contribution is 5.83. The molecule has 0 atom stereocenters. The molecule has 1 nitrogen and oxygen atoms in total. The molecule has 1 aromatic carbocycles. The number of carbonyl (C=O) groups is 1. The standard InChI is InChI=1S/C15H20O/c1-10-8-11(2)14(12(3)9-10)6-7-15(16)13-4-5-13/h8-9,13H,4-7H2,1-3H3. The lowest BCUT2D eigenvalue weighted by atomic mass is 9.95. The zero-order valence-corrected chi connectivity index (χ0v) is 10.5. The summed E-state index contributed by atoms with van der Waals surface area (Å²) >= 11 is 0. The van der Waals surface area contributed by atoms with Gasteiger partial charge in [0.25, 0.3) is 0 Å². The Morgan fingerprint density at radius 2 is 1.75 bits per heavy atom. The van der Waals surface area contributed by atoms with Crippen LogP contribution < -0.4 is 0 Å². The Morgan fingerprint density at radius 3 is 2.25 bits per heavy atom. The molecule has 1 fully saturated rings. The van der Waals surface area contributed by atoms with Crippen LogP contribution in [0.2, 0.25) is 0 Å². The zero-order chi connectivity index (χ0) is 11.7. The van der Waals surface area contributed by atoms with Crippen molar-refractivity contribution in [2.75, 3.05) is 0 Å². The minimum atomic E-state index is 0.408. The van der Waals surface area contributed by atoms with Crippen molar-refractivity contribution in [1.82, 2.24) is 0 Å². The lowest BCUT2D eigenvalue weighted by molar-refractivity contribution is -0.120. The predicted molar refractivity (Wildman–Crippen MR) is 66.7 cm³/mol. The molecule has 0 unspecified atom stereocenters. The third kappa shape index (κ3) is 2.52. The van der Waals surface area contributed by atoms with Gasteiger partial charge in [0.1, 0.15) is 5.78 Å². The molecular weight excluding hydrogens is 196 g/mol. The van der Waals surface area contributed by atoms with Crippen LogP contribution >= 0.6 is 0 Å². The summed E-state index contributed by atoms with van der Waals surface area (Å²) in [4.78, 5) is 11.7. The highest BCUT2D eigenvalue weighted by Crippen LogP contribution is 2.31. The van der Waals surface area contributed by atoms with Crippen molar-refractivity contribution in [2.24, 2.45) is 5.92 Å². The third-order valence-electron chi connectivity index (χ3n) is 3.49. The van der Waals surface area contributed by atoms with Crippen LogP contribution in [0.5, 0.6) is 0 Å². The SMILES string of the molecule is Cc1cc(C)c(CCC(=O)C2CC2)c(C)c1. The molecule has 0 aliphatic heterocycles. The number of rotatable bonds is 4. The molecule has 0 heterocycles. The van der Waals surface area contributed by atoms with Gasteiger partial charge in [-0.2, -0.15) is 0 Å². The van der Waals surface area contributed by atoms with Crippen molar-refractivity contribution in [1.29, 1.82) is 0 Å². The van der Waals surface area contributed by atoms with E-state index in [0.717, 1.165) is 25.7 Å². The van der Waals surface area contributed by atoms with Crippen molar-refractivity contribution >= 4 is 5.78 Å². The minimum Gasteiger partial charge on any atom is -0.299 e. The predicted octanol–water partition coefficient (Wildman–Crippen LogP) is 3.52. The number of Topliss-reactive ketones (excluding diaryl/α,β-unsaturated/α-hetero) is 1. The summed E-state index contributed by atoms with van der Waals surface area (Å²) in [6.45, 7) is 6.42. The van der Waals surface area contributed by atoms with Gasteiger partial charge in [-0.05, 0) is 56.7 Å². The van der Waals surface area contributed by atoms with E-state index < -0.39 is 0 Å². The number of carbonyl (C=O) groups excluding carboxylic acids is 1. The van der Waals surface area contributed by atoms with Gasteiger partial charge >= 0.3 is 0 Å². The first kappa shape index (κ1) is 11.4. The lowest BCUT2D eigenvalue weighted by Gasteiger charge is -2.10. The molecule has 0 spiro atoms. The summed E-state index contributed by atoms with van der Waals surface area (Å²) < 4.78 is 0. The van der Waals surface area contributed by atoms with Crippen molar-refractivity contribution in [3.8, 4) is 0 Å². The fourth-order valence-corrected chi connectivity index (χ4v) is 2.46. The molecule has 0 N–H and O–H groups in total. The molecule has 0 aromatic heterocycles. The quantitative estimate of drug-likeness (QED) is 0.752. The highest BCUT2D eigenvalue weighted by atomic mass is 16.1. The molecule has 2 rings (SSSR count). The number of ketones is 1. The van der Waals surface area contributed by atoms with Crippen LogP contribution in [0.4, 0.5) is 0 Å². The molecule has 1 aliphatic carbocycles. The average Bonchev–Trinajstić information content (AvgIpc) is 2.98. The second kappa shape index (κ2) is 4.40. The van der Waals surface area contributed by atoms with Crippen LogP contribution in [0.3, 0.4) is 0 Å². The Morgan fingerprint density at radius 1 is 1.19 bits per heavy atom. The summed E-state index contributed by atoms with van der Waals surface area (Å²) in [5, 5.41) is 0. The molecule has 0 amide bonds. The lowest BCUT2D eigenvalue weighted by Crippen LogP contribution is -2.04. The Balaban J connectivity index is 2.05. The smallest absolute Gasteiger partial charge is 0.136 e. The van der Waals surface area contributed by atoms with Gasteiger partial charge < -0.3 is 0 Å². The molecule has 86 valence electrons. The molecule has 1 aliphatic rings. The van der Waals surface area contributed by atoms with Crippen LogP contribution in [0.15, 0.2) is 12.1 Å². The summed E-state index contributed by atoms with van der Waals surface area (Å²) in [5.74, 6) is 0.880. The normalized spacial score (nSPS) is 15.2. The molecule has 0 bridgehead atoms. The Labute approximate surface area is 97.9 Å². The van der Waals surface area contributed by atoms with Gasteiger partial charge in [-0.25, -0.2) is 0 Å². The van der Waals surface area contributed by atoms with E-state index in [-0.39, 0.29) is 0 Å². The van der Waals surface area contributed by atoms with Crippen LogP contribution in [0.1, 0.15) is 41.5 Å². The first-order chi connectivity index (χ1) is 7.58. The Kier molecular flexibility index (Phi) is 3.13. The summed E-state index contributed by atoms with van der Waals surface area (Å²) in [7, 11) is 0. The third-order valence-corrected chi connectivity index (χ3v) is 3.49. The summed E-state index contributed by atoms with van der Waals surface area (Å²) in [6.07, 6.45) is 3.91. The molecule has 1 aromatic rings. The number of hydrogen-bond donors (Lipinski definition) is 0. The van der Waals surface area contributed by atoms with Crippen LogP contribution in [0, 0.1) is 26.7 Å². The van der Waals surface area contributed by atoms with E-state index in [0.29, 0.717) is 11.7 Å². The van der Waals surface area contributed by atoms with Gasteiger partial charge in [-0.15, -0.1) is 0 Å². The maximum atomic E-state index is 11.7. The highest BCUT2D eigenvalue weighted by Gasteiger charge is 2.28. The molecule has 0 saturated heterocycles. The molecule has 16 heavy (non-hydrogen) atoms. The second-order valence-electron chi connectivity index (χ2n) is 5.12. The van der Waals surface area contributed by atoms with Gasteiger partial charge in [0.2, 0.25) is 0 Å². The topological polar surface area (TPSA) is 17.1 Å². The largest absolute Gasteiger partial charge is 0.299 e. The van der Waals surface area contributed by atoms with E-state index >= 15 is 0 Å². The van der Waals surface area contributed by atoms with Crippen molar-refractivity contribution in [3.05, 3.63) is 34.4 Å². The van der Waals surface area contributed by atoms with Gasteiger partial charge in [-0.1, -0.05) is 17.7 Å². The van der Waals surface area contributed by atoms with E-state index in [4.69, 9.17) is 0 Å².